The fraction of sp³-hybridized carbons (Fsp3) is 0.0588. The van der Waals surface area contributed by atoms with Crippen LogP contribution in [0.15, 0.2) is 67.5 Å². The van der Waals surface area contributed by atoms with Crippen molar-refractivity contribution in [1.82, 2.24) is 19.9 Å². The summed E-state index contributed by atoms with van der Waals surface area (Å²) in [5.74, 6) is -1.43. The van der Waals surface area contributed by atoms with Crippen LogP contribution in [0.1, 0.15) is 5.56 Å². The quantitative estimate of drug-likeness (QED) is 0.713. The van der Waals surface area contributed by atoms with Crippen molar-refractivity contribution in [2.75, 3.05) is 5.32 Å². The third-order valence-electron chi connectivity index (χ3n) is 3.29. The third-order valence-corrected chi connectivity index (χ3v) is 3.29. The second-order valence-corrected chi connectivity index (χ2v) is 5.02. The Kier molecular flexibility index (Phi) is 4.62. The van der Waals surface area contributed by atoms with Crippen molar-refractivity contribution < 1.29 is 9.59 Å². The molecule has 0 unspecified atom stereocenters. The smallest absolute Gasteiger partial charge is 0.313 e. The van der Waals surface area contributed by atoms with Gasteiger partial charge in [0, 0.05) is 30.8 Å². The summed E-state index contributed by atoms with van der Waals surface area (Å²) in [4.78, 5) is 31.6. The standard InChI is InChI=1S/C17H15N5O2/c23-16(17(24)21-14-4-2-6-18-11-14)20-10-13-3-1-5-15(9-13)22-8-7-19-12-22/h1-9,11-12H,10H2,(H,20,23)(H,21,24). The van der Waals surface area contributed by atoms with Gasteiger partial charge < -0.3 is 15.2 Å². The van der Waals surface area contributed by atoms with Gasteiger partial charge in [-0.3, -0.25) is 14.6 Å². The highest BCUT2D eigenvalue weighted by molar-refractivity contribution is 6.39. The predicted octanol–water partition coefficient (Wildman–Crippen LogP) is 1.52. The van der Waals surface area contributed by atoms with Crippen LogP contribution in [0.2, 0.25) is 0 Å². The van der Waals surface area contributed by atoms with Crippen molar-refractivity contribution in [3.63, 3.8) is 0 Å². The maximum absolute atomic E-state index is 11.9. The monoisotopic (exact) mass is 321 g/mol. The topological polar surface area (TPSA) is 88.9 Å². The number of aromatic nitrogens is 3. The molecule has 0 fully saturated rings. The normalized spacial score (nSPS) is 10.2. The van der Waals surface area contributed by atoms with Gasteiger partial charge in [0.25, 0.3) is 0 Å². The van der Waals surface area contributed by atoms with Crippen molar-refractivity contribution >= 4 is 17.5 Å². The van der Waals surface area contributed by atoms with Crippen molar-refractivity contribution in [3.05, 3.63) is 73.1 Å². The number of pyridine rings is 1. The van der Waals surface area contributed by atoms with Gasteiger partial charge in [0.2, 0.25) is 0 Å². The van der Waals surface area contributed by atoms with E-state index in [-0.39, 0.29) is 6.54 Å². The van der Waals surface area contributed by atoms with Crippen LogP contribution < -0.4 is 10.6 Å². The lowest BCUT2D eigenvalue weighted by Gasteiger charge is -2.08. The average molecular weight is 321 g/mol. The third kappa shape index (κ3) is 3.83. The summed E-state index contributed by atoms with van der Waals surface area (Å²) in [5.41, 5.74) is 2.28. The Hall–Kier alpha value is -3.48. The van der Waals surface area contributed by atoms with Gasteiger partial charge in [-0.1, -0.05) is 12.1 Å². The Morgan fingerprint density at radius 2 is 1.96 bits per heavy atom. The van der Waals surface area contributed by atoms with Crippen LogP contribution in [0, 0.1) is 0 Å². The van der Waals surface area contributed by atoms with Gasteiger partial charge in [0.15, 0.2) is 0 Å². The summed E-state index contributed by atoms with van der Waals surface area (Å²) in [6, 6.07) is 10.9. The van der Waals surface area contributed by atoms with Crippen LogP contribution in [0.3, 0.4) is 0 Å². The molecule has 2 aromatic heterocycles. The molecule has 0 saturated carbocycles. The summed E-state index contributed by atoms with van der Waals surface area (Å²) in [6.07, 6.45) is 8.28. The number of nitrogens with one attached hydrogen (secondary N) is 2. The number of hydrogen-bond donors (Lipinski definition) is 2. The zero-order chi connectivity index (χ0) is 16.8. The average Bonchev–Trinajstić information content (AvgIpc) is 3.15. The summed E-state index contributed by atoms with van der Waals surface area (Å²) < 4.78 is 1.86. The number of carbonyl (C=O) groups is 2. The molecule has 0 saturated heterocycles. The van der Waals surface area contributed by atoms with E-state index in [4.69, 9.17) is 0 Å². The first-order valence-corrected chi connectivity index (χ1v) is 7.29. The number of hydrogen-bond acceptors (Lipinski definition) is 4. The Labute approximate surface area is 138 Å². The molecule has 0 aliphatic rings. The molecule has 0 radical (unpaired) electrons. The minimum absolute atomic E-state index is 0.252. The molecule has 2 amide bonds. The van der Waals surface area contributed by atoms with Crippen LogP contribution in [-0.4, -0.2) is 26.3 Å². The largest absolute Gasteiger partial charge is 0.344 e. The molecule has 3 aromatic rings. The molecule has 0 bridgehead atoms. The molecule has 24 heavy (non-hydrogen) atoms. The molecular weight excluding hydrogens is 306 g/mol. The van der Waals surface area contributed by atoms with E-state index in [9.17, 15) is 9.59 Å². The molecule has 0 aliphatic heterocycles. The summed E-state index contributed by atoms with van der Waals surface area (Å²) in [6.45, 7) is 0.252. The maximum atomic E-state index is 11.9. The Morgan fingerprint density at radius 3 is 2.71 bits per heavy atom. The molecule has 1 aromatic carbocycles. The van der Waals surface area contributed by atoms with Crippen LogP contribution in [0.25, 0.3) is 5.69 Å². The lowest BCUT2D eigenvalue weighted by Crippen LogP contribution is -2.35. The first kappa shape index (κ1) is 15.4. The van der Waals surface area contributed by atoms with Gasteiger partial charge in [-0.05, 0) is 29.8 Å². The first-order chi connectivity index (χ1) is 11.7. The van der Waals surface area contributed by atoms with Crippen molar-refractivity contribution in [3.8, 4) is 5.69 Å². The number of nitrogens with zero attached hydrogens (tertiary/aromatic N) is 3. The maximum Gasteiger partial charge on any atom is 0.313 e. The van der Waals surface area contributed by atoms with Crippen LogP contribution >= 0.6 is 0 Å². The van der Waals surface area contributed by atoms with E-state index in [0.29, 0.717) is 5.69 Å². The Balaban J connectivity index is 1.58. The highest BCUT2D eigenvalue weighted by Crippen LogP contribution is 2.10. The molecule has 3 rings (SSSR count). The SMILES string of the molecule is O=C(NCc1cccc(-n2ccnc2)c1)C(=O)Nc1cccnc1. The zero-order valence-electron chi connectivity index (χ0n) is 12.7. The predicted molar refractivity (Wildman–Crippen MR) is 88.3 cm³/mol. The van der Waals surface area contributed by atoms with Crippen LogP contribution in [0.4, 0.5) is 5.69 Å². The van der Waals surface area contributed by atoms with Crippen molar-refractivity contribution in [2.24, 2.45) is 0 Å². The van der Waals surface area contributed by atoms with E-state index in [0.717, 1.165) is 11.3 Å². The van der Waals surface area contributed by atoms with Gasteiger partial charge in [-0.2, -0.15) is 0 Å². The lowest BCUT2D eigenvalue weighted by atomic mass is 10.2. The number of imidazole rings is 1. The van der Waals surface area contributed by atoms with E-state index in [1.807, 2.05) is 35.0 Å². The van der Waals surface area contributed by atoms with Crippen LogP contribution in [-0.2, 0) is 16.1 Å². The molecule has 120 valence electrons. The molecule has 2 N–H and O–H groups in total. The molecule has 0 spiro atoms. The number of carbonyl (C=O) groups excluding carboxylic acids is 2. The first-order valence-electron chi connectivity index (χ1n) is 7.29. The Bertz CT molecular complexity index is 831. The molecule has 2 heterocycles. The molecule has 7 heteroatoms. The molecule has 0 aliphatic carbocycles. The minimum Gasteiger partial charge on any atom is -0.344 e. The summed E-state index contributed by atoms with van der Waals surface area (Å²) in [7, 11) is 0. The highest BCUT2D eigenvalue weighted by atomic mass is 16.2. The van der Waals surface area contributed by atoms with Crippen molar-refractivity contribution in [2.45, 2.75) is 6.54 Å². The van der Waals surface area contributed by atoms with Gasteiger partial charge in [0.1, 0.15) is 0 Å². The second kappa shape index (κ2) is 7.19. The summed E-state index contributed by atoms with van der Waals surface area (Å²) >= 11 is 0. The number of rotatable bonds is 4. The summed E-state index contributed by atoms with van der Waals surface area (Å²) in [5, 5.41) is 5.08. The van der Waals surface area contributed by atoms with Gasteiger partial charge >= 0.3 is 11.8 Å². The molecule has 7 nitrogen and oxygen atoms in total. The number of amides is 2. The van der Waals surface area contributed by atoms with Gasteiger partial charge in [-0.25, -0.2) is 4.98 Å². The van der Waals surface area contributed by atoms with E-state index in [1.54, 1.807) is 30.9 Å². The lowest BCUT2D eigenvalue weighted by molar-refractivity contribution is -0.136. The van der Waals surface area contributed by atoms with Crippen molar-refractivity contribution in [1.29, 1.82) is 0 Å². The highest BCUT2D eigenvalue weighted by Gasteiger charge is 2.13. The van der Waals surface area contributed by atoms with Gasteiger partial charge in [0.05, 0.1) is 18.2 Å². The van der Waals surface area contributed by atoms with Crippen LogP contribution in [0.5, 0.6) is 0 Å². The van der Waals surface area contributed by atoms with E-state index >= 15 is 0 Å². The minimum atomic E-state index is -0.728. The zero-order valence-corrected chi connectivity index (χ0v) is 12.7. The number of anilines is 1. The fourth-order valence-electron chi connectivity index (χ4n) is 2.13. The number of benzene rings is 1. The molecule has 0 atom stereocenters. The van der Waals surface area contributed by atoms with E-state index in [2.05, 4.69) is 20.6 Å². The van der Waals surface area contributed by atoms with Gasteiger partial charge in [-0.15, -0.1) is 0 Å². The van der Waals surface area contributed by atoms with E-state index in [1.165, 1.54) is 6.20 Å². The van der Waals surface area contributed by atoms with E-state index < -0.39 is 11.8 Å². The molecular formula is C17H15N5O2. The Morgan fingerprint density at radius 1 is 1.04 bits per heavy atom. The fourth-order valence-corrected chi connectivity index (χ4v) is 2.13. The second-order valence-electron chi connectivity index (χ2n) is 5.02.